The van der Waals surface area contributed by atoms with Gasteiger partial charge in [-0.15, -0.1) is 10.7 Å². The van der Waals surface area contributed by atoms with Crippen LogP contribution in [0.2, 0.25) is 0 Å². The number of aryl methyl sites for hydroxylation is 1. The molecule has 27 heavy (non-hydrogen) atoms. The molecule has 2 heterocycles. The topological polar surface area (TPSA) is 117 Å². The second-order valence-electron chi connectivity index (χ2n) is 5.91. The second-order valence-corrected chi connectivity index (χ2v) is 5.91. The number of nitrogens with one attached hydrogen (secondary N) is 3. The molecule has 0 radical (unpaired) electrons. The van der Waals surface area contributed by atoms with E-state index in [2.05, 4.69) is 26.2 Å². The average molecular weight is 363 g/mol. The van der Waals surface area contributed by atoms with Crippen LogP contribution in [0.3, 0.4) is 0 Å². The quantitative estimate of drug-likeness (QED) is 0.545. The Morgan fingerprint density at radius 3 is 2.89 bits per heavy atom. The van der Waals surface area contributed by atoms with E-state index in [1.165, 1.54) is 11.4 Å². The van der Waals surface area contributed by atoms with E-state index in [4.69, 9.17) is 10.6 Å². The molecule has 4 rings (SSSR count). The number of hydrazine groups is 2. The number of para-hydroxylation sites is 2. The Morgan fingerprint density at radius 1 is 1.22 bits per heavy atom. The molecule has 2 aromatic carbocycles. The molecule has 0 saturated carbocycles. The number of fused-ring (bicyclic) bond motifs is 1. The SMILES string of the molecule is Cc1cccc(Nc2nc(ON3NNc4ccccc43)ncc2C(N)=O)c1. The molecular formula is C18H17N7O2. The lowest BCUT2D eigenvalue weighted by Crippen LogP contribution is -2.39. The molecule has 0 bridgehead atoms. The third-order valence-corrected chi connectivity index (χ3v) is 3.90. The first kappa shape index (κ1) is 16.6. The van der Waals surface area contributed by atoms with Gasteiger partial charge in [0.25, 0.3) is 5.91 Å². The Kier molecular flexibility index (Phi) is 4.19. The molecule has 0 unspecified atom stereocenters. The first-order chi connectivity index (χ1) is 13.1. The monoisotopic (exact) mass is 363 g/mol. The van der Waals surface area contributed by atoms with Gasteiger partial charge in [0, 0.05) is 11.9 Å². The van der Waals surface area contributed by atoms with Crippen molar-refractivity contribution < 1.29 is 9.63 Å². The summed E-state index contributed by atoms with van der Waals surface area (Å²) in [6.07, 6.45) is 1.33. The number of anilines is 4. The van der Waals surface area contributed by atoms with Gasteiger partial charge in [-0.25, -0.2) is 4.98 Å². The Bertz CT molecular complexity index is 1010. The number of hydrogen-bond donors (Lipinski definition) is 4. The van der Waals surface area contributed by atoms with E-state index < -0.39 is 5.91 Å². The van der Waals surface area contributed by atoms with Gasteiger partial charge < -0.3 is 15.9 Å². The van der Waals surface area contributed by atoms with Crippen molar-refractivity contribution in [1.29, 1.82) is 0 Å². The van der Waals surface area contributed by atoms with Gasteiger partial charge in [0.05, 0.1) is 5.69 Å². The standard InChI is InChI=1S/C18H17N7O2/c1-11-5-4-6-12(9-11)21-17-13(16(19)26)10-20-18(22-17)27-25-15-8-3-2-7-14(15)23-24-25/h2-10,23-24H,1H3,(H2,19,26)(H,20,21,22). The summed E-state index contributed by atoms with van der Waals surface area (Å²) in [6, 6.07) is 15.2. The van der Waals surface area contributed by atoms with E-state index in [-0.39, 0.29) is 17.4 Å². The molecule has 1 aliphatic heterocycles. The first-order valence-electron chi connectivity index (χ1n) is 8.19. The molecule has 1 amide bonds. The van der Waals surface area contributed by atoms with Gasteiger partial charge in [-0.2, -0.15) is 4.98 Å². The van der Waals surface area contributed by atoms with Crippen molar-refractivity contribution in [2.24, 2.45) is 5.73 Å². The van der Waals surface area contributed by atoms with Crippen LogP contribution in [0.25, 0.3) is 0 Å². The fraction of sp³-hybridized carbons (Fsp3) is 0.0556. The maximum absolute atomic E-state index is 11.7. The van der Waals surface area contributed by atoms with Crippen molar-refractivity contribution in [2.45, 2.75) is 6.92 Å². The van der Waals surface area contributed by atoms with Gasteiger partial charge in [0.15, 0.2) is 5.82 Å². The molecule has 1 aliphatic rings. The number of rotatable bonds is 5. The molecule has 5 N–H and O–H groups in total. The van der Waals surface area contributed by atoms with Gasteiger partial charge in [0.2, 0.25) is 0 Å². The molecule has 0 spiro atoms. The van der Waals surface area contributed by atoms with Crippen LogP contribution >= 0.6 is 0 Å². The number of carbonyl (C=O) groups is 1. The highest BCUT2D eigenvalue weighted by Gasteiger charge is 2.22. The van der Waals surface area contributed by atoms with Crippen molar-refractivity contribution in [3.63, 3.8) is 0 Å². The van der Waals surface area contributed by atoms with E-state index in [0.29, 0.717) is 0 Å². The van der Waals surface area contributed by atoms with Gasteiger partial charge >= 0.3 is 6.01 Å². The highest BCUT2D eigenvalue weighted by atomic mass is 16.7. The highest BCUT2D eigenvalue weighted by Crippen LogP contribution is 2.29. The Balaban J connectivity index is 1.62. The van der Waals surface area contributed by atoms with Gasteiger partial charge in [-0.1, -0.05) is 24.3 Å². The van der Waals surface area contributed by atoms with Gasteiger partial charge in [-0.3, -0.25) is 10.2 Å². The van der Waals surface area contributed by atoms with Crippen LogP contribution in [0.4, 0.5) is 22.9 Å². The number of primary amides is 1. The lowest BCUT2D eigenvalue weighted by atomic mass is 10.2. The van der Waals surface area contributed by atoms with Gasteiger partial charge in [-0.05, 0) is 36.8 Å². The van der Waals surface area contributed by atoms with Crippen LogP contribution in [0, 0.1) is 6.92 Å². The van der Waals surface area contributed by atoms with E-state index in [1.807, 2.05) is 55.5 Å². The predicted molar refractivity (Wildman–Crippen MR) is 101 cm³/mol. The average Bonchev–Trinajstić information content (AvgIpc) is 3.05. The van der Waals surface area contributed by atoms with Crippen LogP contribution < -0.4 is 32.0 Å². The highest BCUT2D eigenvalue weighted by molar-refractivity contribution is 5.98. The summed E-state index contributed by atoms with van der Waals surface area (Å²) in [5.41, 5.74) is 14.9. The lowest BCUT2D eigenvalue weighted by molar-refractivity contribution is 0.1000. The predicted octanol–water partition coefficient (Wildman–Crippen LogP) is 2.27. The minimum absolute atomic E-state index is 0.0427. The van der Waals surface area contributed by atoms with Crippen LogP contribution in [0.1, 0.15) is 15.9 Å². The van der Waals surface area contributed by atoms with Crippen molar-refractivity contribution in [3.8, 4) is 6.01 Å². The molecule has 0 aliphatic carbocycles. The molecule has 0 saturated heterocycles. The summed E-state index contributed by atoms with van der Waals surface area (Å²) in [5, 5.41) is 4.49. The summed E-state index contributed by atoms with van der Waals surface area (Å²) >= 11 is 0. The molecule has 9 heteroatoms. The van der Waals surface area contributed by atoms with Crippen LogP contribution in [0.15, 0.2) is 54.7 Å². The summed E-state index contributed by atoms with van der Waals surface area (Å²) < 4.78 is 0. The normalized spacial score (nSPS) is 12.3. The molecule has 1 aromatic heterocycles. The maximum atomic E-state index is 11.7. The fourth-order valence-electron chi connectivity index (χ4n) is 2.63. The number of amides is 1. The van der Waals surface area contributed by atoms with Gasteiger partial charge in [0.1, 0.15) is 11.3 Å². The molecule has 9 nitrogen and oxygen atoms in total. The smallest absolute Gasteiger partial charge is 0.347 e. The first-order valence-corrected chi connectivity index (χ1v) is 8.19. The maximum Gasteiger partial charge on any atom is 0.347 e. The van der Waals surface area contributed by atoms with E-state index >= 15 is 0 Å². The van der Waals surface area contributed by atoms with Crippen molar-refractivity contribution in [1.82, 2.24) is 15.5 Å². The molecular weight excluding hydrogens is 346 g/mol. The fourth-order valence-corrected chi connectivity index (χ4v) is 2.63. The van der Waals surface area contributed by atoms with Crippen molar-refractivity contribution in [3.05, 3.63) is 65.9 Å². The van der Waals surface area contributed by atoms with Crippen molar-refractivity contribution >= 4 is 28.8 Å². The van der Waals surface area contributed by atoms with Crippen LogP contribution in [0.5, 0.6) is 6.01 Å². The third kappa shape index (κ3) is 3.44. The second kappa shape index (κ2) is 6.81. The summed E-state index contributed by atoms with van der Waals surface area (Å²) in [4.78, 5) is 25.8. The largest absolute Gasteiger partial charge is 0.365 e. The zero-order chi connectivity index (χ0) is 18.8. The number of benzene rings is 2. The molecule has 0 fully saturated rings. The number of nitrogens with two attached hydrogens (primary N) is 1. The lowest BCUT2D eigenvalue weighted by Gasteiger charge is -2.17. The summed E-state index contributed by atoms with van der Waals surface area (Å²) in [5.74, 6) is -0.374. The molecule has 3 aromatic rings. The van der Waals surface area contributed by atoms with E-state index in [0.717, 1.165) is 22.6 Å². The van der Waals surface area contributed by atoms with E-state index in [9.17, 15) is 4.79 Å². The van der Waals surface area contributed by atoms with Crippen LogP contribution in [-0.4, -0.2) is 15.9 Å². The van der Waals surface area contributed by atoms with E-state index in [1.54, 1.807) is 0 Å². The Hall–Kier alpha value is -3.85. The number of hydrogen-bond acceptors (Lipinski definition) is 8. The molecule has 0 atom stereocenters. The molecule has 136 valence electrons. The van der Waals surface area contributed by atoms with Crippen molar-refractivity contribution in [2.75, 3.05) is 15.9 Å². The Morgan fingerprint density at radius 2 is 2.07 bits per heavy atom. The number of carbonyl (C=O) groups excluding carboxylic acids is 1. The Labute approximate surface area is 155 Å². The third-order valence-electron chi connectivity index (χ3n) is 3.90. The number of aromatic nitrogens is 2. The number of nitrogens with zero attached hydrogens (tertiary/aromatic N) is 3. The summed E-state index contributed by atoms with van der Waals surface area (Å²) in [6.45, 7) is 1.97. The summed E-state index contributed by atoms with van der Waals surface area (Å²) in [7, 11) is 0. The zero-order valence-electron chi connectivity index (χ0n) is 14.4. The zero-order valence-corrected chi connectivity index (χ0v) is 14.4. The minimum Gasteiger partial charge on any atom is -0.365 e. The minimum atomic E-state index is -0.636. The van der Waals surface area contributed by atoms with Crippen LogP contribution in [-0.2, 0) is 0 Å².